The molecule has 310 valence electrons. The van der Waals surface area contributed by atoms with E-state index in [-0.39, 0.29) is 22.8 Å². The number of rotatable bonds is 6. The van der Waals surface area contributed by atoms with Crippen LogP contribution in [0.4, 0.5) is 11.4 Å². The van der Waals surface area contributed by atoms with Gasteiger partial charge in [-0.15, -0.1) is 0 Å². The van der Waals surface area contributed by atoms with E-state index in [1.165, 1.54) is 63.0 Å². The number of aromatic nitrogens is 3. The zero-order valence-electron chi connectivity index (χ0n) is 36.8. The standard InChI is InChI=1S/C60H50N4/c1-58(2)34-35-59(3,4)51-38-53-47(37-50(51)58)44-28-15-17-33-52(44)64(53)43-27-18-22-40(36-43)56-61-55(39-20-8-5-9-21-39)62-57(63-56)46-30-19-32-49-54(46)45-29-14-16-31-48(45)60(49,41-23-10-6-11-24-41)42-25-12-7-13-26-42/h5-33,36-38,44,52H,34-35H2,1-4H3. The molecule has 2 atom stereocenters. The van der Waals surface area contributed by atoms with E-state index >= 15 is 0 Å². The summed E-state index contributed by atoms with van der Waals surface area (Å²) in [6.07, 6.45) is 11.6. The number of benzene rings is 7. The number of nitrogens with zero attached hydrogens (tertiary/aromatic N) is 4. The van der Waals surface area contributed by atoms with Gasteiger partial charge in [0.15, 0.2) is 17.5 Å². The second-order valence-corrected chi connectivity index (χ2v) is 19.4. The van der Waals surface area contributed by atoms with E-state index in [9.17, 15) is 0 Å². The molecule has 2 heterocycles. The van der Waals surface area contributed by atoms with Gasteiger partial charge in [-0.25, -0.2) is 15.0 Å². The highest BCUT2D eigenvalue weighted by Gasteiger charge is 2.47. The molecular weight excluding hydrogens is 777 g/mol. The fraction of sp³-hybridized carbons (Fsp3) is 0.183. The Morgan fingerprint density at radius 1 is 0.469 bits per heavy atom. The summed E-state index contributed by atoms with van der Waals surface area (Å²) < 4.78 is 0. The molecule has 7 aromatic carbocycles. The van der Waals surface area contributed by atoms with Crippen LogP contribution >= 0.6 is 0 Å². The second kappa shape index (κ2) is 14.4. The van der Waals surface area contributed by atoms with Crippen LogP contribution in [0.5, 0.6) is 0 Å². The van der Waals surface area contributed by atoms with Crippen molar-refractivity contribution in [2.24, 2.45) is 0 Å². The lowest BCUT2D eigenvalue weighted by Crippen LogP contribution is -2.34. The van der Waals surface area contributed by atoms with Crippen LogP contribution in [0, 0.1) is 0 Å². The van der Waals surface area contributed by atoms with Crippen LogP contribution in [0.2, 0.25) is 0 Å². The van der Waals surface area contributed by atoms with Gasteiger partial charge in [0.1, 0.15) is 0 Å². The Balaban J connectivity index is 1.05. The van der Waals surface area contributed by atoms with Crippen LogP contribution in [0.15, 0.2) is 194 Å². The SMILES string of the molecule is CC1(C)CCC(C)(C)c2cc3c(cc21)C1C=CC=CC1N3c1cccc(-c2nc(-c3ccccc3)nc(-c3cccc4c3-c3ccccc3C4(c3ccccc3)c3ccccc3)n2)c1. The average molecular weight is 827 g/mol. The molecule has 12 rings (SSSR count). The van der Waals surface area contributed by atoms with Crippen LogP contribution in [0.1, 0.15) is 85.4 Å². The van der Waals surface area contributed by atoms with Crippen molar-refractivity contribution < 1.29 is 0 Å². The van der Waals surface area contributed by atoms with E-state index in [1.54, 1.807) is 0 Å². The summed E-state index contributed by atoms with van der Waals surface area (Å²) in [7, 11) is 0. The highest BCUT2D eigenvalue weighted by atomic mass is 15.2. The average Bonchev–Trinajstić information content (AvgIpc) is 3.84. The summed E-state index contributed by atoms with van der Waals surface area (Å²) in [5, 5.41) is 0. The van der Waals surface area contributed by atoms with Gasteiger partial charge in [-0.1, -0.05) is 204 Å². The van der Waals surface area contributed by atoms with E-state index in [0.29, 0.717) is 17.5 Å². The molecular formula is C60H50N4. The molecule has 4 heteroatoms. The molecule has 64 heavy (non-hydrogen) atoms. The first-order chi connectivity index (χ1) is 31.2. The molecule has 1 aromatic heterocycles. The summed E-state index contributed by atoms with van der Waals surface area (Å²) in [5.41, 5.74) is 16.7. The maximum Gasteiger partial charge on any atom is 0.164 e. The minimum absolute atomic E-state index is 0.0992. The van der Waals surface area contributed by atoms with E-state index in [4.69, 9.17) is 15.0 Å². The Morgan fingerprint density at radius 3 is 1.73 bits per heavy atom. The number of fused-ring (bicyclic) bond motifs is 7. The van der Waals surface area contributed by atoms with Crippen LogP contribution in [-0.2, 0) is 16.2 Å². The molecule has 0 saturated heterocycles. The van der Waals surface area contributed by atoms with Crippen LogP contribution in [0.25, 0.3) is 45.3 Å². The van der Waals surface area contributed by atoms with Crippen molar-refractivity contribution in [3.8, 4) is 45.3 Å². The molecule has 2 unspecified atom stereocenters. The van der Waals surface area contributed by atoms with Gasteiger partial charge in [0.2, 0.25) is 0 Å². The van der Waals surface area contributed by atoms with E-state index in [0.717, 1.165) is 27.9 Å². The predicted molar refractivity (Wildman–Crippen MR) is 262 cm³/mol. The molecule has 0 N–H and O–H groups in total. The summed E-state index contributed by atoms with van der Waals surface area (Å²) in [4.78, 5) is 18.7. The minimum Gasteiger partial charge on any atom is -0.333 e. The minimum atomic E-state index is -0.534. The van der Waals surface area contributed by atoms with E-state index < -0.39 is 5.41 Å². The number of hydrogen-bond acceptors (Lipinski definition) is 4. The van der Waals surface area contributed by atoms with Crippen molar-refractivity contribution in [3.63, 3.8) is 0 Å². The highest BCUT2D eigenvalue weighted by molar-refractivity contribution is 5.94. The Bertz CT molecular complexity index is 3140. The molecule has 0 fully saturated rings. The Labute approximate surface area is 376 Å². The molecule has 8 aromatic rings. The zero-order valence-corrected chi connectivity index (χ0v) is 36.8. The Hall–Kier alpha value is -7.17. The van der Waals surface area contributed by atoms with Gasteiger partial charge >= 0.3 is 0 Å². The van der Waals surface area contributed by atoms with Gasteiger partial charge in [0.05, 0.1) is 11.5 Å². The maximum atomic E-state index is 5.46. The quantitative estimate of drug-likeness (QED) is 0.167. The summed E-state index contributed by atoms with van der Waals surface area (Å²) in [6.45, 7) is 9.70. The Kier molecular flexibility index (Phi) is 8.68. The third kappa shape index (κ3) is 5.78. The van der Waals surface area contributed by atoms with Crippen molar-refractivity contribution in [3.05, 3.63) is 233 Å². The topological polar surface area (TPSA) is 41.9 Å². The van der Waals surface area contributed by atoms with Gasteiger partial charge in [0, 0.05) is 34.0 Å². The zero-order chi connectivity index (χ0) is 43.2. The molecule has 3 aliphatic carbocycles. The molecule has 4 aliphatic rings. The lowest BCUT2D eigenvalue weighted by atomic mass is 9.62. The molecule has 0 radical (unpaired) electrons. The van der Waals surface area contributed by atoms with Gasteiger partial charge < -0.3 is 4.90 Å². The van der Waals surface area contributed by atoms with Crippen molar-refractivity contribution in [2.45, 2.75) is 68.7 Å². The van der Waals surface area contributed by atoms with Gasteiger partial charge in [-0.2, -0.15) is 0 Å². The number of allylic oxidation sites excluding steroid dienone is 2. The van der Waals surface area contributed by atoms with Gasteiger partial charge in [0.25, 0.3) is 0 Å². The molecule has 4 nitrogen and oxygen atoms in total. The first kappa shape index (κ1) is 38.5. The number of anilines is 2. The van der Waals surface area contributed by atoms with Crippen LogP contribution in [-0.4, -0.2) is 21.0 Å². The lowest BCUT2D eigenvalue weighted by molar-refractivity contribution is 0.332. The first-order valence-electron chi connectivity index (χ1n) is 22.8. The smallest absolute Gasteiger partial charge is 0.164 e. The normalized spacial score (nSPS) is 19.0. The molecule has 0 bridgehead atoms. The van der Waals surface area contributed by atoms with Gasteiger partial charge in [-0.3, -0.25) is 0 Å². The summed E-state index contributed by atoms with van der Waals surface area (Å²) in [6, 6.07) is 61.9. The monoisotopic (exact) mass is 826 g/mol. The molecule has 0 spiro atoms. The second-order valence-electron chi connectivity index (χ2n) is 19.4. The van der Waals surface area contributed by atoms with Crippen molar-refractivity contribution in [1.82, 2.24) is 15.0 Å². The summed E-state index contributed by atoms with van der Waals surface area (Å²) >= 11 is 0. The first-order valence-corrected chi connectivity index (χ1v) is 22.8. The highest BCUT2D eigenvalue weighted by Crippen LogP contribution is 2.58. The molecule has 1 aliphatic heterocycles. The van der Waals surface area contributed by atoms with Crippen LogP contribution in [0.3, 0.4) is 0 Å². The van der Waals surface area contributed by atoms with Crippen molar-refractivity contribution >= 4 is 11.4 Å². The molecule has 0 saturated carbocycles. The van der Waals surface area contributed by atoms with Gasteiger partial charge in [-0.05, 0) is 91.9 Å². The van der Waals surface area contributed by atoms with E-state index in [1.807, 2.05) is 6.07 Å². The van der Waals surface area contributed by atoms with E-state index in [2.05, 4.69) is 221 Å². The fourth-order valence-electron chi connectivity index (χ4n) is 11.5. The van der Waals surface area contributed by atoms with Crippen LogP contribution < -0.4 is 4.90 Å². The summed E-state index contributed by atoms with van der Waals surface area (Å²) in [5.74, 6) is 2.22. The maximum absolute atomic E-state index is 5.46. The third-order valence-corrected chi connectivity index (χ3v) is 14.8. The van der Waals surface area contributed by atoms with Crippen molar-refractivity contribution in [2.75, 3.05) is 4.90 Å². The largest absolute Gasteiger partial charge is 0.333 e. The number of hydrogen-bond donors (Lipinski definition) is 0. The fourth-order valence-corrected chi connectivity index (χ4v) is 11.5. The van der Waals surface area contributed by atoms with Crippen molar-refractivity contribution in [1.29, 1.82) is 0 Å². The molecule has 0 amide bonds. The third-order valence-electron chi connectivity index (χ3n) is 14.8. The lowest BCUT2D eigenvalue weighted by Gasteiger charge is -2.42. The Morgan fingerprint density at radius 2 is 1.02 bits per heavy atom. The predicted octanol–water partition coefficient (Wildman–Crippen LogP) is 14.3.